The summed E-state index contributed by atoms with van der Waals surface area (Å²) in [6.07, 6.45) is -0.396. The molecule has 0 heterocycles. The van der Waals surface area contributed by atoms with E-state index in [9.17, 15) is 14.4 Å². The summed E-state index contributed by atoms with van der Waals surface area (Å²) in [5, 5.41) is 5.16. The highest BCUT2D eigenvalue weighted by atomic mass is 35.5. The van der Waals surface area contributed by atoms with Crippen molar-refractivity contribution in [1.29, 1.82) is 0 Å². The summed E-state index contributed by atoms with van der Waals surface area (Å²) >= 11 is 5.80. The molecule has 0 aliphatic carbocycles. The highest BCUT2D eigenvalue weighted by molar-refractivity contribution is 6.31. The van der Waals surface area contributed by atoms with Crippen LogP contribution in [0.4, 0.5) is 5.69 Å². The molecule has 0 atom stereocenters. The molecule has 0 aliphatic heterocycles. The summed E-state index contributed by atoms with van der Waals surface area (Å²) in [6, 6.07) is 4.34. The molecule has 7 nitrogen and oxygen atoms in total. The molecule has 0 fully saturated rings. The minimum atomic E-state index is -0.642. The molecule has 21 heavy (non-hydrogen) atoms. The quantitative estimate of drug-likeness (QED) is 0.467. The van der Waals surface area contributed by atoms with E-state index in [4.69, 9.17) is 11.6 Å². The van der Waals surface area contributed by atoms with E-state index in [1.807, 2.05) is 0 Å². The van der Waals surface area contributed by atoms with Gasteiger partial charge in [0.25, 0.3) is 0 Å². The maximum atomic E-state index is 11.7. The summed E-state index contributed by atoms with van der Waals surface area (Å²) in [4.78, 5) is 34.7. The molecule has 0 aliphatic rings. The van der Waals surface area contributed by atoms with Gasteiger partial charge in [0.2, 0.25) is 11.8 Å². The number of carbonyl (C=O) groups is 3. The third-order valence-electron chi connectivity index (χ3n) is 2.40. The Hall–Kier alpha value is -2.12. The largest absolute Gasteiger partial charge is 0.465 e. The molecule has 0 unspecified atom stereocenters. The van der Waals surface area contributed by atoms with Crippen molar-refractivity contribution in [2.24, 2.45) is 0 Å². The van der Waals surface area contributed by atoms with Crippen LogP contribution >= 0.6 is 11.6 Å². The number of esters is 1. The number of nitrogens with one attached hydrogen (secondary N) is 2. The zero-order valence-electron chi connectivity index (χ0n) is 11.6. The molecule has 2 N–H and O–H groups in total. The summed E-state index contributed by atoms with van der Waals surface area (Å²) in [5.74, 6) is -1.71. The molecule has 0 aromatic heterocycles. The molecule has 1 rings (SSSR count). The van der Waals surface area contributed by atoms with Gasteiger partial charge in [0.15, 0.2) is 0 Å². The lowest BCUT2D eigenvalue weighted by Gasteiger charge is -2.10. The van der Waals surface area contributed by atoms with Crippen molar-refractivity contribution in [2.45, 2.75) is 6.42 Å². The normalized spacial score (nSPS) is 9.86. The Bertz CT molecular complexity index is 547. The van der Waals surface area contributed by atoms with Crippen molar-refractivity contribution < 1.29 is 23.9 Å². The Kier molecular flexibility index (Phi) is 6.64. The third kappa shape index (κ3) is 5.41. The van der Waals surface area contributed by atoms with E-state index in [1.54, 1.807) is 0 Å². The Morgan fingerprint density at radius 1 is 1.19 bits per heavy atom. The van der Waals surface area contributed by atoms with Gasteiger partial charge in [0.1, 0.15) is 13.2 Å². The standard InChI is InChI=1S/C13H15ClN2O5/c1-20-7-15-11(17)6-12(18)16-10-4-3-8(14)5-9(10)13(19)21-2/h3-5H,6-7H2,1-2H3,(H,15,17)(H,16,18). The molecule has 1 aromatic carbocycles. The number of methoxy groups -OCH3 is 2. The number of ether oxygens (including phenoxy) is 2. The third-order valence-corrected chi connectivity index (χ3v) is 2.63. The Labute approximate surface area is 126 Å². The second kappa shape index (κ2) is 8.23. The van der Waals surface area contributed by atoms with Gasteiger partial charge in [0.05, 0.1) is 18.4 Å². The van der Waals surface area contributed by atoms with E-state index in [0.717, 1.165) is 0 Å². The van der Waals surface area contributed by atoms with Crippen molar-refractivity contribution in [2.75, 3.05) is 26.3 Å². The SMILES string of the molecule is COCNC(=O)CC(=O)Nc1ccc(Cl)cc1C(=O)OC. The van der Waals surface area contributed by atoms with Crippen molar-refractivity contribution in [1.82, 2.24) is 5.32 Å². The molecule has 114 valence electrons. The van der Waals surface area contributed by atoms with Crippen LogP contribution in [-0.4, -0.2) is 38.7 Å². The van der Waals surface area contributed by atoms with Gasteiger partial charge in [-0.3, -0.25) is 9.59 Å². The molecule has 0 spiro atoms. The minimum Gasteiger partial charge on any atom is -0.465 e. The first-order valence-electron chi connectivity index (χ1n) is 5.91. The van der Waals surface area contributed by atoms with E-state index in [0.29, 0.717) is 5.02 Å². The molecule has 0 saturated heterocycles. The molecular weight excluding hydrogens is 300 g/mol. The van der Waals surface area contributed by atoms with Gasteiger partial charge in [-0.15, -0.1) is 0 Å². The number of anilines is 1. The first-order chi connectivity index (χ1) is 9.97. The second-order valence-corrected chi connectivity index (χ2v) is 4.38. The maximum absolute atomic E-state index is 11.7. The molecule has 2 amide bonds. The van der Waals surface area contributed by atoms with Crippen LogP contribution in [-0.2, 0) is 19.1 Å². The Morgan fingerprint density at radius 3 is 2.52 bits per heavy atom. The van der Waals surface area contributed by atoms with Crippen LogP contribution in [0.5, 0.6) is 0 Å². The second-order valence-electron chi connectivity index (χ2n) is 3.94. The van der Waals surface area contributed by atoms with Crippen molar-refractivity contribution in [3.05, 3.63) is 28.8 Å². The van der Waals surface area contributed by atoms with E-state index >= 15 is 0 Å². The monoisotopic (exact) mass is 314 g/mol. The Balaban J connectivity index is 2.76. The van der Waals surface area contributed by atoms with Crippen LogP contribution in [0.25, 0.3) is 0 Å². The Morgan fingerprint density at radius 2 is 1.90 bits per heavy atom. The number of hydrogen-bond donors (Lipinski definition) is 2. The zero-order valence-corrected chi connectivity index (χ0v) is 12.3. The van der Waals surface area contributed by atoms with Crippen LogP contribution in [0, 0.1) is 0 Å². The van der Waals surface area contributed by atoms with E-state index in [1.165, 1.54) is 32.4 Å². The summed E-state index contributed by atoms with van der Waals surface area (Å²) in [6.45, 7) is 0.0144. The number of benzene rings is 1. The molecule has 8 heteroatoms. The average Bonchev–Trinajstić information content (AvgIpc) is 2.46. The fraction of sp³-hybridized carbons (Fsp3) is 0.308. The number of carbonyl (C=O) groups excluding carboxylic acids is 3. The predicted octanol–water partition coefficient (Wildman–Crippen LogP) is 1.18. The molecule has 1 aromatic rings. The number of hydrogen-bond acceptors (Lipinski definition) is 5. The summed E-state index contributed by atoms with van der Waals surface area (Å²) in [5.41, 5.74) is 0.325. The molecule has 0 radical (unpaired) electrons. The lowest BCUT2D eigenvalue weighted by molar-refractivity contribution is -0.127. The number of amides is 2. The van der Waals surface area contributed by atoms with E-state index in [2.05, 4.69) is 20.1 Å². The minimum absolute atomic E-state index is 0.0144. The van der Waals surface area contributed by atoms with Crippen LogP contribution in [0.1, 0.15) is 16.8 Å². The van der Waals surface area contributed by atoms with Gasteiger partial charge in [0, 0.05) is 12.1 Å². The van der Waals surface area contributed by atoms with Gasteiger partial charge >= 0.3 is 5.97 Å². The lowest BCUT2D eigenvalue weighted by atomic mass is 10.1. The predicted molar refractivity (Wildman–Crippen MR) is 76.1 cm³/mol. The zero-order chi connectivity index (χ0) is 15.8. The highest BCUT2D eigenvalue weighted by Gasteiger charge is 2.16. The van der Waals surface area contributed by atoms with Crippen LogP contribution in [0.3, 0.4) is 0 Å². The lowest BCUT2D eigenvalue weighted by Crippen LogP contribution is -2.29. The van der Waals surface area contributed by atoms with Gasteiger partial charge in [-0.05, 0) is 18.2 Å². The van der Waals surface area contributed by atoms with Gasteiger partial charge in [-0.25, -0.2) is 4.79 Å². The first kappa shape index (κ1) is 16.9. The van der Waals surface area contributed by atoms with Gasteiger partial charge in [-0.1, -0.05) is 11.6 Å². The molecular formula is C13H15ClN2O5. The van der Waals surface area contributed by atoms with Crippen molar-refractivity contribution in [3.8, 4) is 0 Å². The highest BCUT2D eigenvalue weighted by Crippen LogP contribution is 2.21. The maximum Gasteiger partial charge on any atom is 0.340 e. The summed E-state index contributed by atoms with van der Waals surface area (Å²) in [7, 11) is 2.63. The van der Waals surface area contributed by atoms with E-state index in [-0.39, 0.29) is 18.0 Å². The van der Waals surface area contributed by atoms with Crippen LogP contribution in [0.2, 0.25) is 5.02 Å². The smallest absolute Gasteiger partial charge is 0.340 e. The van der Waals surface area contributed by atoms with Crippen molar-refractivity contribution >= 4 is 35.1 Å². The first-order valence-corrected chi connectivity index (χ1v) is 6.29. The van der Waals surface area contributed by atoms with Crippen molar-refractivity contribution in [3.63, 3.8) is 0 Å². The topological polar surface area (TPSA) is 93.7 Å². The number of halogens is 1. The fourth-order valence-electron chi connectivity index (χ4n) is 1.46. The molecule has 0 bridgehead atoms. The van der Waals surface area contributed by atoms with Crippen LogP contribution < -0.4 is 10.6 Å². The van der Waals surface area contributed by atoms with Gasteiger partial charge < -0.3 is 20.1 Å². The fourth-order valence-corrected chi connectivity index (χ4v) is 1.63. The average molecular weight is 315 g/mol. The van der Waals surface area contributed by atoms with Crippen LogP contribution in [0.15, 0.2) is 18.2 Å². The molecule has 0 saturated carbocycles. The van der Waals surface area contributed by atoms with Gasteiger partial charge in [-0.2, -0.15) is 0 Å². The summed E-state index contributed by atoms with van der Waals surface area (Å²) < 4.78 is 9.25. The van der Waals surface area contributed by atoms with E-state index < -0.39 is 24.2 Å². The number of rotatable bonds is 6.